The van der Waals surface area contributed by atoms with E-state index in [1.807, 2.05) is 18.3 Å². The Balaban J connectivity index is 1.57. The van der Waals surface area contributed by atoms with Crippen molar-refractivity contribution in [2.45, 2.75) is 63.4 Å². The van der Waals surface area contributed by atoms with Crippen molar-refractivity contribution in [2.24, 2.45) is 0 Å². The zero-order valence-corrected chi connectivity index (χ0v) is 15.9. The van der Waals surface area contributed by atoms with Gasteiger partial charge in [-0.1, -0.05) is 11.8 Å². The van der Waals surface area contributed by atoms with E-state index >= 15 is 0 Å². The minimum absolute atomic E-state index is 0.253. The summed E-state index contributed by atoms with van der Waals surface area (Å²) in [5, 5.41) is 2.23. The number of hydrogen-bond donors (Lipinski definition) is 0. The Labute approximate surface area is 151 Å². The van der Waals surface area contributed by atoms with Gasteiger partial charge in [-0.05, 0) is 57.9 Å². The number of piperidine rings is 1. The highest BCUT2D eigenvalue weighted by Crippen LogP contribution is 2.40. The van der Waals surface area contributed by atoms with E-state index in [0.29, 0.717) is 11.8 Å². The number of aromatic nitrogens is 2. The molecule has 0 aromatic carbocycles. The molecule has 0 unspecified atom stereocenters. The van der Waals surface area contributed by atoms with Crippen molar-refractivity contribution in [2.75, 3.05) is 12.3 Å². The van der Waals surface area contributed by atoms with Crippen molar-refractivity contribution in [3.8, 4) is 0 Å². The van der Waals surface area contributed by atoms with Gasteiger partial charge in [-0.3, -0.25) is 4.79 Å². The van der Waals surface area contributed by atoms with Crippen LogP contribution >= 0.6 is 23.1 Å². The first-order chi connectivity index (χ1) is 11.6. The van der Waals surface area contributed by atoms with Crippen LogP contribution < -0.4 is 0 Å². The third-order valence-corrected chi connectivity index (χ3v) is 7.24. The fourth-order valence-electron chi connectivity index (χ4n) is 3.85. The van der Waals surface area contributed by atoms with Gasteiger partial charge in [-0.25, -0.2) is 9.97 Å². The van der Waals surface area contributed by atoms with Gasteiger partial charge < -0.3 is 4.90 Å². The predicted octanol–water partition coefficient (Wildman–Crippen LogP) is 3.98. The maximum absolute atomic E-state index is 12.6. The van der Waals surface area contributed by atoms with Gasteiger partial charge in [0.05, 0.1) is 5.75 Å². The van der Waals surface area contributed by atoms with Crippen molar-refractivity contribution < 1.29 is 4.79 Å². The molecule has 0 bridgehead atoms. The molecular weight excluding hydrogens is 338 g/mol. The van der Waals surface area contributed by atoms with Gasteiger partial charge in [0.15, 0.2) is 0 Å². The van der Waals surface area contributed by atoms with Crippen molar-refractivity contribution in [3.05, 3.63) is 16.3 Å². The van der Waals surface area contributed by atoms with E-state index in [2.05, 4.69) is 21.8 Å². The highest BCUT2D eigenvalue weighted by Gasteiger charge is 2.25. The minimum Gasteiger partial charge on any atom is -0.339 e. The van der Waals surface area contributed by atoms with E-state index in [1.165, 1.54) is 35.1 Å². The number of likely N-dealkylation sites (tertiary alicyclic amines) is 1. The number of rotatable bonds is 3. The molecule has 1 saturated heterocycles. The molecule has 2 aromatic heterocycles. The number of amides is 1. The summed E-state index contributed by atoms with van der Waals surface area (Å²) in [5.74, 6) is 1.55. The van der Waals surface area contributed by atoms with Crippen molar-refractivity contribution in [3.63, 3.8) is 0 Å². The second-order valence-corrected chi connectivity index (χ2v) is 8.88. The lowest BCUT2D eigenvalue weighted by atomic mass is 10.0. The molecule has 2 aliphatic rings. The van der Waals surface area contributed by atoms with Crippen LogP contribution in [0.2, 0.25) is 0 Å². The van der Waals surface area contributed by atoms with Gasteiger partial charge >= 0.3 is 0 Å². The van der Waals surface area contributed by atoms with Gasteiger partial charge in [0, 0.05) is 22.8 Å². The summed E-state index contributed by atoms with van der Waals surface area (Å²) in [6.45, 7) is 5.02. The highest BCUT2D eigenvalue weighted by molar-refractivity contribution is 8.00. The van der Waals surface area contributed by atoms with Crippen LogP contribution in [0.3, 0.4) is 0 Å². The molecule has 0 spiro atoms. The van der Waals surface area contributed by atoms with Gasteiger partial charge in [0.2, 0.25) is 5.91 Å². The third kappa shape index (κ3) is 2.94. The van der Waals surface area contributed by atoms with Crippen LogP contribution in [-0.2, 0) is 17.6 Å². The van der Waals surface area contributed by atoms with E-state index < -0.39 is 0 Å². The van der Waals surface area contributed by atoms with E-state index in [4.69, 9.17) is 0 Å². The number of thioether (sulfide) groups is 1. The largest absolute Gasteiger partial charge is 0.339 e. The smallest absolute Gasteiger partial charge is 0.233 e. The molecule has 1 fully saturated rings. The molecule has 1 aliphatic carbocycles. The number of aryl methyl sites for hydroxylation is 3. The summed E-state index contributed by atoms with van der Waals surface area (Å²) in [5.41, 5.74) is 1.44. The predicted molar refractivity (Wildman–Crippen MR) is 99.9 cm³/mol. The van der Waals surface area contributed by atoms with Gasteiger partial charge in [-0.2, -0.15) is 0 Å². The van der Waals surface area contributed by atoms with E-state index in [1.54, 1.807) is 11.8 Å². The number of hydrogen-bond acceptors (Lipinski definition) is 5. The second kappa shape index (κ2) is 6.64. The first kappa shape index (κ1) is 16.3. The number of nitrogens with zero attached hydrogens (tertiary/aromatic N) is 3. The summed E-state index contributed by atoms with van der Waals surface area (Å²) < 4.78 is 0. The van der Waals surface area contributed by atoms with Crippen LogP contribution in [0.5, 0.6) is 0 Å². The first-order valence-corrected chi connectivity index (χ1v) is 10.6. The number of thiophene rings is 1. The Bertz CT molecular complexity index is 786. The Morgan fingerprint density at radius 2 is 2.17 bits per heavy atom. The van der Waals surface area contributed by atoms with Gasteiger partial charge in [-0.15, -0.1) is 11.3 Å². The van der Waals surface area contributed by atoms with Crippen LogP contribution in [0, 0.1) is 6.92 Å². The average molecular weight is 362 g/mol. The molecule has 1 atom stereocenters. The summed E-state index contributed by atoms with van der Waals surface area (Å²) in [6.07, 6.45) is 7.04. The molecule has 0 radical (unpaired) electrons. The van der Waals surface area contributed by atoms with Crippen molar-refractivity contribution in [1.29, 1.82) is 0 Å². The fraction of sp³-hybridized carbons (Fsp3) is 0.611. The Hall–Kier alpha value is -1.14. The summed E-state index contributed by atoms with van der Waals surface area (Å²) in [7, 11) is 0. The van der Waals surface area contributed by atoms with Crippen LogP contribution in [0.15, 0.2) is 5.03 Å². The fourth-order valence-corrected chi connectivity index (χ4v) is 6.21. The SMILES string of the molecule is Cc1nc(SCC(=O)N2CCCC[C@@H]2C)c2c3c(sc2n1)CCC3. The lowest BCUT2D eigenvalue weighted by Crippen LogP contribution is -2.42. The average Bonchev–Trinajstić information content (AvgIpc) is 3.13. The summed E-state index contributed by atoms with van der Waals surface area (Å²) >= 11 is 3.42. The summed E-state index contributed by atoms with van der Waals surface area (Å²) in [4.78, 5) is 26.6. The number of carbonyl (C=O) groups excluding carboxylic acids is 1. The molecule has 1 aliphatic heterocycles. The maximum Gasteiger partial charge on any atom is 0.233 e. The van der Waals surface area contributed by atoms with Gasteiger partial charge in [0.25, 0.3) is 0 Å². The minimum atomic E-state index is 0.253. The van der Waals surface area contributed by atoms with E-state index in [0.717, 1.165) is 41.5 Å². The molecule has 4 nitrogen and oxygen atoms in total. The van der Waals surface area contributed by atoms with Crippen molar-refractivity contribution >= 4 is 39.2 Å². The Kier molecular flexibility index (Phi) is 4.52. The lowest BCUT2D eigenvalue weighted by Gasteiger charge is -2.33. The maximum atomic E-state index is 12.6. The van der Waals surface area contributed by atoms with E-state index in [-0.39, 0.29) is 5.91 Å². The summed E-state index contributed by atoms with van der Waals surface area (Å²) in [6, 6.07) is 0.379. The third-order valence-electron chi connectivity index (χ3n) is 5.10. The quantitative estimate of drug-likeness (QED) is 0.613. The molecule has 3 heterocycles. The zero-order valence-electron chi connectivity index (χ0n) is 14.3. The van der Waals surface area contributed by atoms with E-state index in [9.17, 15) is 4.79 Å². The second-order valence-electron chi connectivity index (χ2n) is 6.83. The molecule has 24 heavy (non-hydrogen) atoms. The monoisotopic (exact) mass is 361 g/mol. The normalized spacial score (nSPS) is 20.6. The number of fused-ring (bicyclic) bond motifs is 3. The topological polar surface area (TPSA) is 46.1 Å². The molecule has 1 amide bonds. The van der Waals surface area contributed by atoms with Crippen LogP contribution in [-0.4, -0.2) is 39.1 Å². The molecule has 2 aromatic rings. The van der Waals surface area contributed by atoms with Crippen molar-refractivity contribution in [1.82, 2.24) is 14.9 Å². The molecular formula is C18H23N3OS2. The van der Waals surface area contributed by atoms with Crippen LogP contribution in [0.1, 0.15) is 48.9 Å². The van der Waals surface area contributed by atoms with Crippen LogP contribution in [0.4, 0.5) is 0 Å². The first-order valence-electron chi connectivity index (χ1n) is 8.84. The number of carbonyl (C=O) groups is 1. The zero-order chi connectivity index (χ0) is 16.7. The Morgan fingerprint density at radius 3 is 3.00 bits per heavy atom. The molecule has 0 saturated carbocycles. The lowest BCUT2D eigenvalue weighted by molar-refractivity contribution is -0.131. The van der Waals surface area contributed by atoms with Gasteiger partial charge in [0.1, 0.15) is 15.7 Å². The molecule has 6 heteroatoms. The highest BCUT2D eigenvalue weighted by atomic mass is 32.2. The standard InChI is InChI=1S/C18H23N3OS2/c1-11-6-3-4-9-21(11)15(22)10-23-17-16-13-7-5-8-14(13)24-18(16)20-12(2)19-17/h11H,3-10H2,1-2H3/t11-/m0/s1. The molecule has 128 valence electrons. The Morgan fingerprint density at radius 1 is 1.29 bits per heavy atom. The molecule has 4 rings (SSSR count). The molecule has 0 N–H and O–H groups in total. The van der Waals surface area contributed by atoms with Crippen LogP contribution in [0.25, 0.3) is 10.2 Å².